The van der Waals surface area contributed by atoms with Crippen LogP contribution in [0.1, 0.15) is 43.4 Å². The van der Waals surface area contributed by atoms with Crippen LogP contribution in [0.15, 0.2) is 11.0 Å². The highest BCUT2D eigenvalue weighted by molar-refractivity contribution is 7.89. The summed E-state index contributed by atoms with van der Waals surface area (Å²) in [5.74, 6) is 0.324. The smallest absolute Gasteiger partial charge is 0.243 e. The minimum absolute atomic E-state index is 0.0931. The summed E-state index contributed by atoms with van der Waals surface area (Å²) in [6.45, 7) is 10.4. The topological polar surface area (TPSA) is 63.4 Å². The van der Waals surface area contributed by atoms with E-state index in [0.29, 0.717) is 28.6 Å². The normalized spacial score (nSPS) is 20.4. The molecule has 21 heavy (non-hydrogen) atoms. The van der Waals surface area contributed by atoms with E-state index in [4.69, 9.17) is 5.73 Å². The quantitative estimate of drug-likeness (QED) is 0.873. The molecule has 1 atom stereocenters. The molecule has 1 aliphatic rings. The van der Waals surface area contributed by atoms with Gasteiger partial charge in [-0.1, -0.05) is 13.8 Å². The first-order valence-corrected chi connectivity index (χ1v) is 9.00. The Labute approximate surface area is 128 Å². The zero-order chi connectivity index (χ0) is 15.9. The van der Waals surface area contributed by atoms with Gasteiger partial charge in [-0.25, -0.2) is 8.42 Å². The van der Waals surface area contributed by atoms with Gasteiger partial charge >= 0.3 is 0 Å². The summed E-state index contributed by atoms with van der Waals surface area (Å²) < 4.78 is 28.0. The zero-order valence-corrected chi connectivity index (χ0v) is 14.4. The van der Waals surface area contributed by atoms with Gasteiger partial charge in [-0.05, 0) is 62.3 Å². The van der Waals surface area contributed by atoms with Gasteiger partial charge in [0.25, 0.3) is 0 Å². The molecular formula is C16H26N2O2S. The number of nitrogens with two attached hydrogens (primary N) is 1. The molecule has 1 fully saturated rings. The summed E-state index contributed by atoms with van der Waals surface area (Å²) in [5.41, 5.74) is 8.97. The second-order valence-electron chi connectivity index (χ2n) is 6.43. The van der Waals surface area contributed by atoms with Crippen LogP contribution in [0.2, 0.25) is 0 Å². The Balaban J connectivity index is 2.60. The standard InChI is InChI=1S/C16H26N2O2S/c1-10(2)15-7-6-8-18(15)21(19,20)16-12(4)11(3)9-14(17)13(16)5/h9-10,15H,6-8,17H2,1-5H3. The maximum Gasteiger partial charge on any atom is 0.243 e. The Bertz CT molecular complexity index is 624. The first-order valence-electron chi connectivity index (χ1n) is 7.56. The summed E-state index contributed by atoms with van der Waals surface area (Å²) >= 11 is 0. The lowest BCUT2D eigenvalue weighted by molar-refractivity contribution is 0.315. The SMILES string of the molecule is Cc1cc(N)c(C)c(S(=O)(=O)N2CCCC2C(C)C)c1C. The first-order chi connectivity index (χ1) is 9.67. The van der Waals surface area contributed by atoms with E-state index in [0.717, 1.165) is 24.0 Å². The Morgan fingerprint density at radius 3 is 2.43 bits per heavy atom. The molecule has 1 aromatic rings. The Morgan fingerprint density at radius 1 is 1.24 bits per heavy atom. The van der Waals surface area contributed by atoms with Gasteiger partial charge in [0.15, 0.2) is 0 Å². The molecule has 0 aliphatic carbocycles. The molecule has 1 heterocycles. The third kappa shape index (κ3) is 2.69. The van der Waals surface area contributed by atoms with Gasteiger partial charge < -0.3 is 5.73 Å². The molecule has 1 unspecified atom stereocenters. The van der Waals surface area contributed by atoms with Crippen LogP contribution >= 0.6 is 0 Å². The molecule has 0 aromatic heterocycles. The van der Waals surface area contributed by atoms with Gasteiger partial charge in [0, 0.05) is 18.3 Å². The maximum absolute atomic E-state index is 13.2. The molecule has 0 spiro atoms. The van der Waals surface area contributed by atoms with Crippen LogP contribution in [0.25, 0.3) is 0 Å². The number of aryl methyl sites for hydroxylation is 1. The minimum Gasteiger partial charge on any atom is -0.398 e. The Morgan fingerprint density at radius 2 is 1.86 bits per heavy atom. The highest BCUT2D eigenvalue weighted by Gasteiger charge is 2.38. The number of hydrogen-bond acceptors (Lipinski definition) is 3. The van der Waals surface area contributed by atoms with E-state index in [1.54, 1.807) is 11.2 Å². The van der Waals surface area contributed by atoms with Crippen molar-refractivity contribution in [2.24, 2.45) is 5.92 Å². The fourth-order valence-corrected chi connectivity index (χ4v) is 5.64. The van der Waals surface area contributed by atoms with E-state index in [9.17, 15) is 8.42 Å². The highest BCUT2D eigenvalue weighted by Crippen LogP contribution is 2.35. The van der Waals surface area contributed by atoms with Crippen molar-refractivity contribution >= 4 is 15.7 Å². The number of nitrogens with zero attached hydrogens (tertiary/aromatic N) is 1. The summed E-state index contributed by atoms with van der Waals surface area (Å²) in [5, 5.41) is 0. The predicted octanol–water partition coefficient (Wildman–Crippen LogP) is 3.00. The molecule has 5 heteroatoms. The van der Waals surface area contributed by atoms with Crippen molar-refractivity contribution in [3.8, 4) is 0 Å². The van der Waals surface area contributed by atoms with Crippen molar-refractivity contribution in [1.29, 1.82) is 0 Å². The number of anilines is 1. The van der Waals surface area contributed by atoms with Crippen LogP contribution in [0.4, 0.5) is 5.69 Å². The molecule has 0 bridgehead atoms. The van der Waals surface area contributed by atoms with Gasteiger partial charge in [0.1, 0.15) is 0 Å². The van der Waals surface area contributed by atoms with Crippen molar-refractivity contribution in [3.05, 3.63) is 22.8 Å². The average molecular weight is 310 g/mol. The largest absolute Gasteiger partial charge is 0.398 e. The molecule has 1 saturated heterocycles. The zero-order valence-electron chi connectivity index (χ0n) is 13.6. The third-order valence-electron chi connectivity index (χ3n) is 4.66. The number of nitrogen functional groups attached to an aromatic ring is 1. The Kier molecular flexibility index (Phi) is 4.36. The van der Waals surface area contributed by atoms with E-state index in [1.807, 2.05) is 19.9 Å². The number of sulfonamides is 1. The average Bonchev–Trinajstić information content (AvgIpc) is 2.86. The number of benzene rings is 1. The Hall–Kier alpha value is -1.07. The van der Waals surface area contributed by atoms with Gasteiger partial charge in [0.05, 0.1) is 4.90 Å². The van der Waals surface area contributed by atoms with E-state index >= 15 is 0 Å². The number of rotatable bonds is 3. The number of hydrogen-bond donors (Lipinski definition) is 1. The lowest BCUT2D eigenvalue weighted by Gasteiger charge is -2.28. The van der Waals surface area contributed by atoms with Gasteiger partial charge in [-0.15, -0.1) is 0 Å². The minimum atomic E-state index is -3.49. The fraction of sp³-hybridized carbons (Fsp3) is 0.625. The van der Waals surface area contributed by atoms with E-state index in [2.05, 4.69) is 13.8 Å². The maximum atomic E-state index is 13.2. The van der Waals surface area contributed by atoms with Crippen LogP contribution in [-0.4, -0.2) is 25.3 Å². The predicted molar refractivity (Wildman–Crippen MR) is 86.8 cm³/mol. The second kappa shape index (κ2) is 5.61. The highest BCUT2D eigenvalue weighted by atomic mass is 32.2. The van der Waals surface area contributed by atoms with Crippen molar-refractivity contribution in [3.63, 3.8) is 0 Å². The molecule has 1 aromatic carbocycles. The van der Waals surface area contributed by atoms with E-state index < -0.39 is 10.0 Å². The van der Waals surface area contributed by atoms with E-state index in [-0.39, 0.29) is 6.04 Å². The van der Waals surface area contributed by atoms with Crippen molar-refractivity contribution in [1.82, 2.24) is 4.31 Å². The van der Waals surface area contributed by atoms with Gasteiger partial charge in [-0.2, -0.15) is 4.31 Å². The van der Waals surface area contributed by atoms with Crippen LogP contribution in [-0.2, 0) is 10.0 Å². The summed E-state index contributed by atoms with van der Waals surface area (Å²) in [7, 11) is -3.49. The summed E-state index contributed by atoms with van der Waals surface area (Å²) in [6, 6.07) is 1.95. The molecule has 0 radical (unpaired) electrons. The van der Waals surface area contributed by atoms with Crippen LogP contribution in [0.3, 0.4) is 0 Å². The monoisotopic (exact) mass is 310 g/mol. The molecule has 118 valence electrons. The lowest BCUT2D eigenvalue weighted by atomic mass is 10.0. The molecular weight excluding hydrogens is 284 g/mol. The molecule has 1 aliphatic heterocycles. The van der Waals surface area contributed by atoms with Crippen molar-refractivity contribution in [2.45, 2.75) is 58.4 Å². The third-order valence-corrected chi connectivity index (χ3v) is 6.86. The van der Waals surface area contributed by atoms with Gasteiger partial charge in [0.2, 0.25) is 10.0 Å². The second-order valence-corrected chi connectivity index (χ2v) is 8.26. The molecule has 2 rings (SSSR count). The van der Waals surface area contributed by atoms with Crippen LogP contribution in [0.5, 0.6) is 0 Å². The van der Waals surface area contributed by atoms with Crippen molar-refractivity contribution in [2.75, 3.05) is 12.3 Å². The van der Waals surface area contributed by atoms with E-state index in [1.165, 1.54) is 0 Å². The van der Waals surface area contributed by atoms with Gasteiger partial charge in [-0.3, -0.25) is 0 Å². The molecule has 4 nitrogen and oxygen atoms in total. The lowest BCUT2D eigenvalue weighted by Crippen LogP contribution is -2.39. The summed E-state index contributed by atoms with van der Waals surface area (Å²) in [4.78, 5) is 0.410. The first kappa shape index (κ1) is 16.3. The van der Waals surface area contributed by atoms with Crippen LogP contribution < -0.4 is 5.73 Å². The summed E-state index contributed by atoms with van der Waals surface area (Å²) in [6.07, 6.45) is 1.87. The molecule has 0 saturated carbocycles. The molecule has 2 N–H and O–H groups in total. The fourth-order valence-electron chi connectivity index (χ4n) is 3.28. The van der Waals surface area contributed by atoms with Crippen molar-refractivity contribution < 1.29 is 8.42 Å². The van der Waals surface area contributed by atoms with Crippen LogP contribution in [0, 0.1) is 26.7 Å². The molecule has 0 amide bonds.